The quantitative estimate of drug-likeness (QED) is 0.838. The van der Waals surface area contributed by atoms with Gasteiger partial charge in [-0.2, -0.15) is 13.2 Å². The molecule has 2 aromatic rings. The van der Waals surface area contributed by atoms with Crippen LogP contribution in [0.25, 0.3) is 0 Å². The van der Waals surface area contributed by atoms with Crippen LogP contribution in [0.3, 0.4) is 0 Å². The normalized spacial score (nSPS) is 18.4. The van der Waals surface area contributed by atoms with Crippen molar-refractivity contribution in [2.45, 2.75) is 63.9 Å². The van der Waals surface area contributed by atoms with Crippen LogP contribution in [0.1, 0.15) is 63.0 Å². The average Bonchev–Trinajstić information content (AvgIpc) is 3.13. The Kier molecular flexibility index (Phi) is 5.77. The number of hydrogen-bond acceptors (Lipinski definition) is 5. The fourth-order valence-corrected chi connectivity index (χ4v) is 3.47. The number of alkyl halides is 3. The standard InChI is InChI=1S/C19H26F3N5O/c1-4-18(2,3)27-17(23-24-25-27)16(26-11-9-15(28)10-12-26)13-5-7-14(8-6-13)19(20,21)22/h5-8,15-16,28H,4,9-12H2,1-3H3. The lowest BCUT2D eigenvalue weighted by Gasteiger charge is -2.37. The van der Waals surface area contributed by atoms with Gasteiger partial charge >= 0.3 is 6.18 Å². The topological polar surface area (TPSA) is 67.1 Å². The third kappa shape index (κ3) is 4.20. The summed E-state index contributed by atoms with van der Waals surface area (Å²) < 4.78 is 40.7. The molecule has 0 saturated carbocycles. The highest BCUT2D eigenvalue weighted by Gasteiger charge is 2.35. The monoisotopic (exact) mass is 397 g/mol. The van der Waals surface area contributed by atoms with Crippen LogP contribution in [0.4, 0.5) is 13.2 Å². The van der Waals surface area contributed by atoms with Crippen molar-refractivity contribution in [1.29, 1.82) is 0 Å². The van der Waals surface area contributed by atoms with Gasteiger partial charge in [-0.3, -0.25) is 4.90 Å². The van der Waals surface area contributed by atoms with Crippen LogP contribution in [0.5, 0.6) is 0 Å². The van der Waals surface area contributed by atoms with Gasteiger partial charge in [0, 0.05) is 13.1 Å². The first-order valence-corrected chi connectivity index (χ1v) is 9.51. The van der Waals surface area contributed by atoms with Gasteiger partial charge in [-0.25, -0.2) is 4.68 Å². The minimum Gasteiger partial charge on any atom is -0.393 e. The van der Waals surface area contributed by atoms with Crippen molar-refractivity contribution in [3.8, 4) is 0 Å². The Bertz CT molecular complexity index is 780. The predicted octanol–water partition coefficient (Wildman–Crippen LogP) is 3.38. The maximum Gasteiger partial charge on any atom is 0.416 e. The summed E-state index contributed by atoms with van der Waals surface area (Å²) in [6.45, 7) is 7.32. The van der Waals surface area contributed by atoms with Gasteiger partial charge < -0.3 is 5.11 Å². The molecule has 6 nitrogen and oxygen atoms in total. The number of aromatic nitrogens is 4. The molecule has 0 aliphatic carbocycles. The van der Waals surface area contributed by atoms with E-state index in [1.807, 2.05) is 20.8 Å². The van der Waals surface area contributed by atoms with Gasteiger partial charge in [-0.05, 0) is 61.2 Å². The van der Waals surface area contributed by atoms with E-state index in [2.05, 4.69) is 20.4 Å². The lowest BCUT2D eigenvalue weighted by Crippen LogP contribution is -2.41. The Morgan fingerprint density at radius 3 is 2.29 bits per heavy atom. The first-order chi connectivity index (χ1) is 13.1. The van der Waals surface area contributed by atoms with Gasteiger partial charge in [0.1, 0.15) is 0 Å². The lowest BCUT2D eigenvalue weighted by molar-refractivity contribution is -0.137. The van der Waals surface area contributed by atoms with E-state index in [0.29, 0.717) is 37.3 Å². The number of hydrogen-bond donors (Lipinski definition) is 1. The number of piperidine rings is 1. The van der Waals surface area contributed by atoms with Crippen molar-refractivity contribution in [3.63, 3.8) is 0 Å². The van der Waals surface area contributed by atoms with Crippen molar-refractivity contribution in [2.24, 2.45) is 0 Å². The molecule has 1 aromatic heterocycles. The molecule has 0 bridgehead atoms. The molecule has 154 valence electrons. The van der Waals surface area contributed by atoms with Gasteiger partial charge in [0.25, 0.3) is 0 Å². The Labute approximate surface area is 162 Å². The molecule has 0 radical (unpaired) electrons. The number of likely N-dealkylation sites (tertiary alicyclic amines) is 1. The molecule has 1 saturated heterocycles. The van der Waals surface area contributed by atoms with Crippen molar-refractivity contribution >= 4 is 0 Å². The number of halogens is 3. The number of rotatable bonds is 5. The van der Waals surface area contributed by atoms with E-state index < -0.39 is 11.7 Å². The van der Waals surface area contributed by atoms with E-state index >= 15 is 0 Å². The van der Waals surface area contributed by atoms with Crippen LogP contribution < -0.4 is 0 Å². The fraction of sp³-hybridized carbons (Fsp3) is 0.632. The molecule has 28 heavy (non-hydrogen) atoms. The third-order valence-corrected chi connectivity index (χ3v) is 5.59. The largest absolute Gasteiger partial charge is 0.416 e. The molecule has 0 spiro atoms. The van der Waals surface area contributed by atoms with E-state index in [1.54, 1.807) is 4.68 Å². The molecular formula is C19H26F3N5O. The maximum absolute atomic E-state index is 13.0. The summed E-state index contributed by atoms with van der Waals surface area (Å²) in [5.74, 6) is 0.600. The Morgan fingerprint density at radius 2 is 1.75 bits per heavy atom. The number of aliphatic hydroxyl groups is 1. The summed E-state index contributed by atoms with van der Waals surface area (Å²) in [6, 6.07) is 4.81. The van der Waals surface area contributed by atoms with Gasteiger partial charge in [-0.15, -0.1) is 5.10 Å². The summed E-state index contributed by atoms with van der Waals surface area (Å²) in [4.78, 5) is 2.13. The molecule has 0 amide bonds. The van der Waals surface area contributed by atoms with Crippen LogP contribution in [0, 0.1) is 0 Å². The van der Waals surface area contributed by atoms with Gasteiger partial charge in [0.05, 0.1) is 23.2 Å². The number of aliphatic hydroxyl groups excluding tert-OH is 1. The van der Waals surface area contributed by atoms with Crippen LogP contribution in [-0.2, 0) is 11.7 Å². The fourth-order valence-electron chi connectivity index (χ4n) is 3.47. The Morgan fingerprint density at radius 1 is 1.14 bits per heavy atom. The molecule has 1 aliphatic heterocycles. The zero-order chi connectivity index (χ0) is 20.5. The van der Waals surface area contributed by atoms with Crippen LogP contribution >= 0.6 is 0 Å². The van der Waals surface area contributed by atoms with E-state index in [4.69, 9.17) is 0 Å². The second-order valence-corrected chi connectivity index (χ2v) is 7.90. The lowest BCUT2D eigenvalue weighted by atomic mass is 9.97. The summed E-state index contributed by atoms with van der Waals surface area (Å²) in [7, 11) is 0. The summed E-state index contributed by atoms with van der Waals surface area (Å²) >= 11 is 0. The Hall–Kier alpha value is -2.00. The van der Waals surface area contributed by atoms with Crippen molar-refractivity contribution in [2.75, 3.05) is 13.1 Å². The third-order valence-electron chi connectivity index (χ3n) is 5.59. The van der Waals surface area contributed by atoms with Crippen molar-refractivity contribution < 1.29 is 18.3 Å². The molecule has 9 heteroatoms. The highest BCUT2D eigenvalue weighted by Crippen LogP contribution is 2.35. The zero-order valence-electron chi connectivity index (χ0n) is 16.3. The van der Waals surface area contributed by atoms with E-state index in [-0.39, 0.29) is 17.7 Å². The molecule has 1 N–H and O–H groups in total. The van der Waals surface area contributed by atoms with Gasteiger partial charge in [0.2, 0.25) is 0 Å². The first kappa shape index (κ1) is 20.7. The zero-order valence-corrected chi connectivity index (χ0v) is 16.3. The Balaban J connectivity index is 2.03. The molecular weight excluding hydrogens is 371 g/mol. The maximum atomic E-state index is 13.0. The molecule has 1 aromatic carbocycles. The number of nitrogens with zero attached hydrogens (tertiary/aromatic N) is 5. The predicted molar refractivity (Wildman–Crippen MR) is 97.5 cm³/mol. The highest BCUT2D eigenvalue weighted by molar-refractivity contribution is 5.30. The van der Waals surface area contributed by atoms with Crippen molar-refractivity contribution in [1.82, 2.24) is 25.1 Å². The van der Waals surface area contributed by atoms with Crippen LogP contribution in [-0.4, -0.2) is 49.4 Å². The smallest absolute Gasteiger partial charge is 0.393 e. The summed E-state index contributed by atoms with van der Waals surface area (Å²) in [5.41, 5.74) is -0.317. The second-order valence-electron chi connectivity index (χ2n) is 7.90. The molecule has 1 aliphatic rings. The van der Waals surface area contributed by atoms with E-state index in [1.165, 1.54) is 12.1 Å². The number of benzene rings is 1. The van der Waals surface area contributed by atoms with Crippen molar-refractivity contribution in [3.05, 3.63) is 41.2 Å². The van der Waals surface area contributed by atoms with Crippen LogP contribution in [0.2, 0.25) is 0 Å². The average molecular weight is 397 g/mol. The molecule has 3 rings (SSSR count). The second kappa shape index (κ2) is 7.79. The molecule has 2 heterocycles. The summed E-state index contributed by atoms with van der Waals surface area (Å²) in [6.07, 6.45) is -2.72. The highest BCUT2D eigenvalue weighted by atomic mass is 19.4. The molecule has 1 atom stereocenters. The van der Waals surface area contributed by atoms with Crippen LogP contribution in [0.15, 0.2) is 24.3 Å². The minimum absolute atomic E-state index is 0.335. The SMILES string of the molecule is CCC(C)(C)n1nnnc1C(c1ccc(C(F)(F)F)cc1)N1CCC(O)CC1. The van der Waals surface area contributed by atoms with Gasteiger partial charge in [0.15, 0.2) is 5.82 Å². The minimum atomic E-state index is -4.38. The van der Waals surface area contributed by atoms with E-state index in [0.717, 1.165) is 18.6 Å². The number of tetrazole rings is 1. The van der Waals surface area contributed by atoms with Gasteiger partial charge in [-0.1, -0.05) is 19.1 Å². The molecule has 1 unspecified atom stereocenters. The van der Waals surface area contributed by atoms with E-state index in [9.17, 15) is 18.3 Å². The molecule has 1 fully saturated rings. The first-order valence-electron chi connectivity index (χ1n) is 9.51. The summed E-state index contributed by atoms with van der Waals surface area (Å²) in [5, 5.41) is 22.1.